The van der Waals surface area contributed by atoms with E-state index in [2.05, 4.69) is 27.4 Å². The fraction of sp³-hybridized carbons (Fsp3) is 0.143. The molecule has 1 aromatic heterocycles. The van der Waals surface area contributed by atoms with E-state index in [1.165, 1.54) is 11.8 Å². The van der Waals surface area contributed by atoms with E-state index >= 15 is 0 Å². The number of carbonyl (C=O) groups excluding carboxylic acids is 1. The van der Waals surface area contributed by atoms with Crippen molar-refractivity contribution in [1.82, 2.24) is 9.97 Å². The topological polar surface area (TPSA) is 81.9 Å². The summed E-state index contributed by atoms with van der Waals surface area (Å²) in [6.07, 6.45) is 4.96. The van der Waals surface area contributed by atoms with Gasteiger partial charge in [-0.15, -0.1) is 0 Å². The number of hydrogen-bond donors (Lipinski definition) is 1. The molecule has 4 rings (SSSR count). The normalized spacial score (nSPS) is 12.8. The standard InChI is InChI=1S/C21H17N5O/c22-12-15-7-9-17(10-8-15)25-20-14-23-18(13-24-20)21(27)26-11-3-5-16-4-1-2-6-19(16)26/h1-2,4,6-10,13-14H,3,5,11H2,(H,24,25). The van der Waals surface area contributed by atoms with Crippen molar-refractivity contribution >= 4 is 23.1 Å². The maximum atomic E-state index is 12.9. The number of aromatic nitrogens is 2. The number of para-hydroxylation sites is 1. The summed E-state index contributed by atoms with van der Waals surface area (Å²) in [4.78, 5) is 23.2. The maximum Gasteiger partial charge on any atom is 0.278 e. The molecule has 27 heavy (non-hydrogen) atoms. The number of amides is 1. The molecule has 0 unspecified atom stereocenters. The van der Waals surface area contributed by atoms with Gasteiger partial charge < -0.3 is 10.2 Å². The van der Waals surface area contributed by atoms with E-state index in [0.29, 0.717) is 23.6 Å². The Labute approximate surface area is 157 Å². The molecule has 0 spiro atoms. The van der Waals surface area contributed by atoms with E-state index in [4.69, 9.17) is 5.26 Å². The van der Waals surface area contributed by atoms with Gasteiger partial charge in [0.1, 0.15) is 11.5 Å². The van der Waals surface area contributed by atoms with Crippen molar-refractivity contribution in [3.05, 3.63) is 77.7 Å². The Kier molecular flexibility index (Phi) is 4.50. The Balaban J connectivity index is 1.50. The van der Waals surface area contributed by atoms with Gasteiger partial charge in [0.05, 0.1) is 24.0 Å². The van der Waals surface area contributed by atoms with Crippen LogP contribution in [0.1, 0.15) is 28.0 Å². The van der Waals surface area contributed by atoms with Crippen molar-refractivity contribution < 1.29 is 4.79 Å². The zero-order chi connectivity index (χ0) is 18.6. The van der Waals surface area contributed by atoms with Gasteiger partial charge in [-0.05, 0) is 48.7 Å². The lowest BCUT2D eigenvalue weighted by atomic mass is 10.0. The average Bonchev–Trinajstić information content (AvgIpc) is 2.74. The quantitative estimate of drug-likeness (QED) is 0.775. The lowest BCUT2D eigenvalue weighted by molar-refractivity contribution is 0.0980. The van der Waals surface area contributed by atoms with Crippen molar-refractivity contribution in [3.63, 3.8) is 0 Å². The molecule has 2 heterocycles. The van der Waals surface area contributed by atoms with Crippen LogP contribution in [-0.2, 0) is 6.42 Å². The van der Waals surface area contributed by atoms with Crippen molar-refractivity contribution in [1.29, 1.82) is 5.26 Å². The summed E-state index contributed by atoms with van der Waals surface area (Å²) < 4.78 is 0. The van der Waals surface area contributed by atoms with Gasteiger partial charge in [-0.3, -0.25) is 4.79 Å². The summed E-state index contributed by atoms with van der Waals surface area (Å²) in [6.45, 7) is 0.683. The number of fused-ring (bicyclic) bond motifs is 1. The van der Waals surface area contributed by atoms with Crippen molar-refractivity contribution in [2.75, 3.05) is 16.8 Å². The van der Waals surface area contributed by atoms with Gasteiger partial charge in [0, 0.05) is 17.9 Å². The number of anilines is 3. The Morgan fingerprint density at radius 1 is 1.07 bits per heavy atom. The maximum absolute atomic E-state index is 12.9. The summed E-state index contributed by atoms with van der Waals surface area (Å²) in [6, 6.07) is 17.1. The Hall–Kier alpha value is -3.72. The van der Waals surface area contributed by atoms with Crippen LogP contribution in [0.25, 0.3) is 0 Å². The van der Waals surface area contributed by atoms with Crippen molar-refractivity contribution in [3.8, 4) is 6.07 Å². The van der Waals surface area contributed by atoms with Gasteiger partial charge in [0.2, 0.25) is 0 Å². The van der Waals surface area contributed by atoms with Crippen LogP contribution in [0.2, 0.25) is 0 Å². The molecule has 0 radical (unpaired) electrons. The van der Waals surface area contributed by atoms with Crippen LogP contribution in [-0.4, -0.2) is 22.4 Å². The van der Waals surface area contributed by atoms with E-state index in [1.807, 2.05) is 18.2 Å². The highest BCUT2D eigenvalue weighted by atomic mass is 16.2. The molecule has 6 heteroatoms. The third-order valence-corrected chi connectivity index (χ3v) is 4.51. The highest BCUT2D eigenvalue weighted by Crippen LogP contribution is 2.27. The van der Waals surface area contributed by atoms with Crippen LogP contribution in [0.3, 0.4) is 0 Å². The van der Waals surface area contributed by atoms with E-state index in [9.17, 15) is 4.79 Å². The molecule has 0 fully saturated rings. The molecule has 0 atom stereocenters. The lowest BCUT2D eigenvalue weighted by Crippen LogP contribution is -2.36. The van der Waals surface area contributed by atoms with E-state index in [1.54, 1.807) is 35.4 Å². The second-order valence-corrected chi connectivity index (χ2v) is 6.29. The summed E-state index contributed by atoms with van der Waals surface area (Å²) in [5.74, 6) is 0.398. The van der Waals surface area contributed by atoms with Crippen LogP contribution < -0.4 is 10.2 Å². The molecule has 132 valence electrons. The number of nitriles is 1. The van der Waals surface area contributed by atoms with E-state index < -0.39 is 0 Å². The number of aryl methyl sites for hydroxylation is 1. The SMILES string of the molecule is N#Cc1ccc(Nc2cnc(C(=O)N3CCCc4ccccc43)cn2)cc1. The summed E-state index contributed by atoms with van der Waals surface area (Å²) in [5.41, 5.74) is 3.85. The van der Waals surface area contributed by atoms with Crippen LogP contribution in [0, 0.1) is 11.3 Å². The molecular weight excluding hydrogens is 338 g/mol. The molecule has 0 bridgehead atoms. The van der Waals surface area contributed by atoms with Crippen LogP contribution >= 0.6 is 0 Å². The number of hydrogen-bond acceptors (Lipinski definition) is 5. The highest BCUT2D eigenvalue weighted by molar-refractivity contribution is 6.05. The second kappa shape index (κ2) is 7.26. The van der Waals surface area contributed by atoms with Gasteiger partial charge in [0.15, 0.2) is 0 Å². The molecule has 0 saturated heterocycles. The third-order valence-electron chi connectivity index (χ3n) is 4.51. The number of nitrogens with zero attached hydrogens (tertiary/aromatic N) is 4. The first kappa shape index (κ1) is 16.7. The molecule has 3 aromatic rings. The predicted molar refractivity (Wildman–Crippen MR) is 103 cm³/mol. The third kappa shape index (κ3) is 3.48. The zero-order valence-electron chi connectivity index (χ0n) is 14.6. The number of benzene rings is 2. The number of rotatable bonds is 3. The smallest absolute Gasteiger partial charge is 0.278 e. The van der Waals surface area contributed by atoms with Crippen molar-refractivity contribution in [2.45, 2.75) is 12.8 Å². The fourth-order valence-corrected chi connectivity index (χ4v) is 3.16. The summed E-state index contributed by atoms with van der Waals surface area (Å²) >= 11 is 0. The predicted octanol–water partition coefficient (Wildman–Crippen LogP) is 3.68. The summed E-state index contributed by atoms with van der Waals surface area (Å²) in [7, 11) is 0. The van der Waals surface area contributed by atoms with Crippen LogP contribution in [0.15, 0.2) is 60.9 Å². The van der Waals surface area contributed by atoms with Crippen LogP contribution in [0.4, 0.5) is 17.2 Å². The van der Waals surface area contributed by atoms with E-state index in [-0.39, 0.29) is 5.91 Å². The molecule has 1 aliphatic heterocycles. The van der Waals surface area contributed by atoms with E-state index in [0.717, 1.165) is 24.2 Å². The molecule has 0 aliphatic carbocycles. The van der Waals surface area contributed by atoms with Gasteiger partial charge in [-0.25, -0.2) is 9.97 Å². The molecule has 0 saturated carbocycles. The molecule has 1 amide bonds. The van der Waals surface area contributed by atoms with Gasteiger partial charge in [0.25, 0.3) is 5.91 Å². The Bertz CT molecular complexity index is 1010. The molecular formula is C21H17N5O. The van der Waals surface area contributed by atoms with Gasteiger partial charge >= 0.3 is 0 Å². The van der Waals surface area contributed by atoms with Gasteiger partial charge in [-0.1, -0.05) is 18.2 Å². The average molecular weight is 355 g/mol. The Morgan fingerprint density at radius 3 is 2.63 bits per heavy atom. The first-order valence-electron chi connectivity index (χ1n) is 8.73. The second-order valence-electron chi connectivity index (χ2n) is 6.29. The first-order chi connectivity index (χ1) is 13.2. The molecule has 2 aromatic carbocycles. The minimum absolute atomic E-state index is 0.139. The van der Waals surface area contributed by atoms with Gasteiger partial charge in [-0.2, -0.15) is 5.26 Å². The number of carbonyl (C=O) groups is 1. The first-order valence-corrected chi connectivity index (χ1v) is 8.73. The van der Waals surface area contributed by atoms with Crippen molar-refractivity contribution in [2.24, 2.45) is 0 Å². The zero-order valence-corrected chi connectivity index (χ0v) is 14.6. The minimum atomic E-state index is -0.139. The largest absolute Gasteiger partial charge is 0.339 e. The van der Waals surface area contributed by atoms with Crippen LogP contribution in [0.5, 0.6) is 0 Å². The fourth-order valence-electron chi connectivity index (χ4n) is 3.16. The number of nitrogens with one attached hydrogen (secondary N) is 1. The molecule has 1 aliphatic rings. The monoisotopic (exact) mass is 355 g/mol. The molecule has 6 nitrogen and oxygen atoms in total. The highest BCUT2D eigenvalue weighted by Gasteiger charge is 2.24. The lowest BCUT2D eigenvalue weighted by Gasteiger charge is -2.29. The minimum Gasteiger partial charge on any atom is -0.339 e. The Morgan fingerprint density at radius 2 is 1.89 bits per heavy atom. The summed E-state index contributed by atoms with van der Waals surface area (Å²) in [5, 5.41) is 11.9. The molecule has 1 N–H and O–H groups in total.